The summed E-state index contributed by atoms with van der Waals surface area (Å²) in [6, 6.07) is 0. The van der Waals surface area contributed by atoms with Crippen molar-refractivity contribution in [2.75, 3.05) is 0 Å². The van der Waals surface area contributed by atoms with Gasteiger partial charge in [-0.25, -0.2) is 0 Å². The molecule has 0 radical (unpaired) electrons. The van der Waals surface area contributed by atoms with Crippen LogP contribution in [0.15, 0.2) is 50.6 Å². The summed E-state index contributed by atoms with van der Waals surface area (Å²) in [6.07, 6.45) is 9.56. The summed E-state index contributed by atoms with van der Waals surface area (Å²) in [4.78, 5) is 25.4. The van der Waals surface area contributed by atoms with Crippen molar-refractivity contribution in [2.24, 2.45) is 10.8 Å². The summed E-state index contributed by atoms with van der Waals surface area (Å²) in [7, 11) is 0. The molecule has 1 rings (SSSR count). The Bertz CT molecular complexity index is 380. The van der Waals surface area contributed by atoms with Gasteiger partial charge in [0.1, 0.15) is 11.6 Å². The fraction of sp³-hybridized carbons (Fsp3) is 0.444. The van der Waals surface area contributed by atoms with Gasteiger partial charge in [0.05, 0.1) is 0 Å². The topological polar surface area (TPSA) is 34.1 Å². The van der Waals surface area contributed by atoms with Crippen LogP contribution in [0.3, 0.4) is 0 Å². The Balaban J connectivity index is 3.15. The van der Waals surface area contributed by atoms with Crippen molar-refractivity contribution in [3.63, 3.8) is 0 Å². The number of hydrogen-bond acceptors (Lipinski definition) is 2. The van der Waals surface area contributed by atoms with Crippen LogP contribution in [0.2, 0.25) is 0 Å². The highest BCUT2D eigenvalue weighted by Gasteiger charge is 2.51. The zero-order valence-corrected chi connectivity index (χ0v) is 12.2. The molecular weight excluding hydrogens is 248 g/mol. The SMILES string of the molecule is C=CCC1(CC=C)CC(=O)C(CC=C)(CC=C)CC1=O. The van der Waals surface area contributed by atoms with Gasteiger partial charge in [-0.05, 0) is 25.7 Å². The van der Waals surface area contributed by atoms with Crippen LogP contribution in [0.25, 0.3) is 0 Å². The van der Waals surface area contributed by atoms with E-state index in [1.54, 1.807) is 24.3 Å². The minimum atomic E-state index is -0.633. The van der Waals surface area contributed by atoms with Gasteiger partial charge in [-0.2, -0.15) is 0 Å². The van der Waals surface area contributed by atoms with Gasteiger partial charge in [0.15, 0.2) is 0 Å². The summed E-state index contributed by atoms with van der Waals surface area (Å²) in [5.41, 5.74) is -1.27. The third kappa shape index (κ3) is 2.90. The lowest BCUT2D eigenvalue weighted by Gasteiger charge is -2.43. The molecule has 0 bridgehead atoms. The maximum Gasteiger partial charge on any atom is 0.141 e. The van der Waals surface area contributed by atoms with Gasteiger partial charge < -0.3 is 0 Å². The predicted molar refractivity (Wildman–Crippen MR) is 83.4 cm³/mol. The molecule has 0 heterocycles. The van der Waals surface area contributed by atoms with Crippen molar-refractivity contribution in [3.05, 3.63) is 50.6 Å². The van der Waals surface area contributed by atoms with Gasteiger partial charge in [-0.3, -0.25) is 9.59 Å². The van der Waals surface area contributed by atoms with E-state index in [0.717, 1.165) is 0 Å². The average molecular weight is 272 g/mol. The summed E-state index contributed by atoms with van der Waals surface area (Å²) in [5.74, 6) is 0.279. The second-order valence-corrected chi connectivity index (χ2v) is 5.73. The standard InChI is InChI=1S/C18H24O2/c1-5-9-17(10-6-2)13-16(20)18(11-7-3,12-8-4)14-15(17)19/h5-8H,1-4,9-14H2. The van der Waals surface area contributed by atoms with Crippen LogP contribution in [-0.2, 0) is 9.59 Å². The molecular formula is C18H24O2. The first-order chi connectivity index (χ1) is 9.50. The van der Waals surface area contributed by atoms with Crippen molar-refractivity contribution in [1.29, 1.82) is 0 Å². The van der Waals surface area contributed by atoms with Gasteiger partial charge in [0.2, 0.25) is 0 Å². The van der Waals surface area contributed by atoms with Crippen LogP contribution < -0.4 is 0 Å². The molecule has 0 unspecified atom stereocenters. The third-order valence-corrected chi connectivity index (χ3v) is 4.32. The van der Waals surface area contributed by atoms with E-state index >= 15 is 0 Å². The van der Waals surface area contributed by atoms with E-state index in [4.69, 9.17) is 0 Å². The van der Waals surface area contributed by atoms with Crippen molar-refractivity contribution in [2.45, 2.75) is 38.5 Å². The highest BCUT2D eigenvalue weighted by molar-refractivity contribution is 6.01. The van der Waals surface area contributed by atoms with Crippen molar-refractivity contribution in [3.8, 4) is 0 Å². The normalized spacial score (nSPS) is 20.2. The maximum absolute atomic E-state index is 12.7. The fourth-order valence-corrected chi connectivity index (χ4v) is 3.20. The number of carbonyl (C=O) groups excluding carboxylic acids is 2. The van der Waals surface area contributed by atoms with Crippen molar-refractivity contribution in [1.82, 2.24) is 0 Å². The van der Waals surface area contributed by atoms with Crippen LogP contribution in [0.4, 0.5) is 0 Å². The lowest BCUT2D eigenvalue weighted by molar-refractivity contribution is -0.148. The van der Waals surface area contributed by atoms with Gasteiger partial charge in [-0.1, -0.05) is 24.3 Å². The first-order valence-electron chi connectivity index (χ1n) is 7.00. The van der Waals surface area contributed by atoms with Crippen LogP contribution >= 0.6 is 0 Å². The van der Waals surface area contributed by atoms with Crippen LogP contribution in [0.1, 0.15) is 38.5 Å². The molecule has 20 heavy (non-hydrogen) atoms. The van der Waals surface area contributed by atoms with E-state index in [9.17, 15) is 9.59 Å². The Morgan fingerprint density at radius 2 is 0.950 bits per heavy atom. The summed E-state index contributed by atoms with van der Waals surface area (Å²) in [5, 5.41) is 0. The Labute approximate surface area is 122 Å². The first-order valence-corrected chi connectivity index (χ1v) is 7.00. The molecule has 0 amide bonds. The molecule has 0 aromatic rings. The van der Waals surface area contributed by atoms with E-state index in [1.807, 2.05) is 0 Å². The van der Waals surface area contributed by atoms with E-state index in [-0.39, 0.29) is 24.4 Å². The number of ketones is 2. The molecule has 0 spiro atoms. The highest BCUT2D eigenvalue weighted by Crippen LogP contribution is 2.48. The highest BCUT2D eigenvalue weighted by atomic mass is 16.1. The number of Topliss-reactive ketones (excluding diaryl/α,β-unsaturated/α-hetero) is 2. The van der Waals surface area contributed by atoms with Gasteiger partial charge in [-0.15, -0.1) is 26.3 Å². The van der Waals surface area contributed by atoms with E-state index in [0.29, 0.717) is 25.7 Å². The number of hydrogen-bond donors (Lipinski definition) is 0. The van der Waals surface area contributed by atoms with Crippen LogP contribution in [-0.4, -0.2) is 11.6 Å². The molecule has 1 aliphatic rings. The first kappa shape index (κ1) is 16.4. The predicted octanol–water partition coefficient (Wildman–Crippen LogP) is 4.20. The van der Waals surface area contributed by atoms with Gasteiger partial charge >= 0.3 is 0 Å². The molecule has 1 aliphatic carbocycles. The summed E-state index contributed by atoms with van der Waals surface area (Å²) < 4.78 is 0. The molecule has 0 aromatic carbocycles. The van der Waals surface area contributed by atoms with Crippen LogP contribution in [0.5, 0.6) is 0 Å². The molecule has 1 fully saturated rings. The monoisotopic (exact) mass is 272 g/mol. The fourth-order valence-electron chi connectivity index (χ4n) is 3.20. The van der Waals surface area contributed by atoms with E-state index < -0.39 is 10.8 Å². The quantitative estimate of drug-likeness (QED) is 0.621. The number of rotatable bonds is 8. The van der Waals surface area contributed by atoms with Crippen LogP contribution in [0, 0.1) is 10.8 Å². The van der Waals surface area contributed by atoms with Crippen molar-refractivity contribution >= 4 is 11.6 Å². The summed E-state index contributed by atoms with van der Waals surface area (Å²) >= 11 is 0. The molecule has 0 saturated heterocycles. The smallest absolute Gasteiger partial charge is 0.141 e. The minimum absolute atomic E-state index is 0.139. The molecule has 0 atom stereocenters. The molecule has 0 N–H and O–H groups in total. The van der Waals surface area contributed by atoms with Crippen molar-refractivity contribution < 1.29 is 9.59 Å². The summed E-state index contributed by atoms with van der Waals surface area (Å²) in [6.45, 7) is 14.9. The minimum Gasteiger partial charge on any atom is -0.299 e. The Morgan fingerprint density at radius 3 is 1.15 bits per heavy atom. The lowest BCUT2D eigenvalue weighted by Crippen LogP contribution is -2.48. The third-order valence-electron chi connectivity index (χ3n) is 4.32. The molecule has 1 saturated carbocycles. The second-order valence-electron chi connectivity index (χ2n) is 5.73. The molecule has 0 aliphatic heterocycles. The van der Waals surface area contributed by atoms with E-state index in [2.05, 4.69) is 26.3 Å². The average Bonchev–Trinajstić information content (AvgIpc) is 2.38. The molecule has 108 valence electrons. The number of carbonyl (C=O) groups is 2. The largest absolute Gasteiger partial charge is 0.299 e. The molecule has 2 nitrogen and oxygen atoms in total. The zero-order chi connectivity index (χ0) is 15.2. The zero-order valence-electron chi connectivity index (χ0n) is 12.2. The lowest BCUT2D eigenvalue weighted by atomic mass is 9.58. The number of allylic oxidation sites excluding steroid dienone is 4. The van der Waals surface area contributed by atoms with Gasteiger partial charge in [0.25, 0.3) is 0 Å². The van der Waals surface area contributed by atoms with Gasteiger partial charge in [0, 0.05) is 23.7 Å². The second kappa shape index (κ2) is 6.65. The molecule has 0 aromatic heterocycles. The maximum atomic E-state index is 12.7. The van der Waals surface area contributed by atoms with E-state index in [1.165, 1.54) is 0 Å². The Hall–Kier alpha value is -1.70. The Kier molecular flexibility index (Phi) is 5.43. The Morgan fingerprint density at radius 1 is 0.700 bits per heavy atom. The molecule has 2 heteroatoms.